The van der Waals surface area contributed by atoms with Crippen molar-refractivity contribution in [2.24, 2.45) is 5.92 Å². The Morgan fingerprint density at radius 1 is 0.591 bits per heavy atom. The van der Waals surface area contributed by atoms with Crippen LogP contribution in [-0.4, -0.2) is 47.6 Å². The van der Waals surface area contributed by atoms with E-state index in [1.807, 2.05) is 12.2 Å². The number of aliphatic hydroxyl groups excluding tert-OH is 2. The number of allylic oxidation sites excluding steroid dienone is 7. The fourth-order valence-corrected chi connectivity index (χ4v) is 4.57. The smallest absolute Gasteiger partial charge is 0.305 e. The second-order valence-electron chi connectivity index (χ2n) is 12.3. The van der Waals surface area contributed by atoms with Crippen LogP contribution in [0.5, 0.6) is 0 Å². The lowest BCUT2D eigenvalue weighted by Gasteiger charge is -2.12. The highest BCUT2D eigenvalue weighted by atomic mass is 16.6. The van der Waals surface area contributed by atoms with Gasteiger partial charge in [0.15, 0.2) is 0 Å². The molecular weight excluding hydrogens is 552 g/mol. The first-order chi connectivity index (χ1) is 21.3. The molecular formula is C38H66O6. The molecule has 0 aliphatic heterocycles. The van der Waals surface area contributed by atoms with Gasteiger partial charge in [0.2, 0.25) is 0 Å². The number of carbonyl (C=O) groups is 2. The number of esters is 2. The van der Waals surface area contributed by atoms with E-state index in [0.29, 0.717) is 19.3 Å². The lowest BCUT2D eigenvalue weighted by molar-refractivity contribution is -0.152. The molecule has 0 heterocycles. The van der Waals surface area contributed by atoms with Crippen molar-refractivity contribution < 1.29 is 29.3 Å². The maximum atomic E-state index is 11.9. The van der Waals surface area contributed by atoms with E-state index in [0.717, 1.165) is 70.1 Å². The standard InChI is InChI=1S/C38H66O6/c1-4-5-28-35(39)29-24-20-16-12-8-6-7-9-13-17-21-25-30-37(41)43-32-36(40)33-44-38(42)31-26-22-18-14-10-11-15-19-23-27-34(2)3/h6-7,12-13,16-17,24,29,34-36,39-40H,4-5,8-11,14-15,18-23,25-28,30-33H2,1-3H3/b7-6-,16-12-,17-13-,29-24-/t35-,36+/m0/s1. The molecule has 0 radical (unpaired) electrons. The zero-order chi connectivity index (χ0) is 32.5. The highest BCUT2D eigenvalue weighted by Crippen LogP contribution is 2.13. The Hall–Kier alpha value is -2.18. The Bertz CT molecular complexity index is 782. The molecule has 254 valence electrons. The normalized spacial score (nSPS) is 13.6. The number of aliphatic hydroxyl groups is 2. The van der Waals surface area contributed by atoms with Gasteiger partial charge in [-0.2, -0.15) is 0 Å². The number of carbonyl (C=O) groups excluding carboxylic acids is 2. The van der Waals surface area contributed by atoms with Gasteiger partial charge in [0.1, 0.15) is 19.3 Å². The summed E-state index contributed by atoms with van der Waals surface area (Å²) in [5.74, 6) is 0.156. The summed E-state index contributed by atoms with van der Waals surface area (Å²) in [6.07, 6.45) is 35.0. The van der Waals surface area contributed by atoms with Crippen molar-refractivity contribution in [3.05, 3.63) is 48.6 Å². The predicted octanol–water partition coefficient (Wildman–Crippen LogP) is 9.50. The highest BCUT2D eigenvalue weighted by molar-refractivity contribution is 5.69. The Labute approximate surface area is 270 Å². The van der Waals surface area contributed by atoms with Crippen LogP contribution in [0.4, 0.5) is 0 Å². The molecule has 0 aromatic rings. The number of hydrogen-bond acceptors (Lipinski definition) is 6. The van der Waals surface area contributed by atoms with Crippen molar-refractivity contribution in [2.45, 2.75) is 161 Å². The average Bonchev–Trinajstić information content (AvgIpc) is 3.00. The molecule has 0 aliphatic carbocycles. The van der Waals surface area contributed by atoms with Crippen molar-refractivity contribution in [2.75, 3.05) is 13.2 Å². The fourth-order valence-electron chi connectivity index (χ4n) is 4.57. The van der Waals surface area contributed by atoms with Crippen LogP contribution in [0, 0.1) is 5.92 Å². The van der Waals surface area contributed by atoms with Gasteiger partial charge >= 0.3 is 11.9 Å². The summed E-state index contributed by atoms with van der Waals surface area (Å²) in [6, 6.07) is 0. The first kappa shape index (κ1) is 41.8. The minimum Gasteiger partial charge on any atom is -0.463 e. The van der Waals surface area contributed by atoms with Crippen LogP contribution in [0.15, 0.2) is 48.6 Å². The molecule has 0 saturated heterocycles. The fraction of sp³-hybridized carbons (Fsp3) is 0.737. The molecule has 6 nitrogen and oxygen atoms in total. The Balaban J connectivity index is 3.61. The molecule has 2 N–H and O–H groups in total. The van der Waals surface area contributed by atoms with Gasteiger partial charge in [0, 0.05) is 12.8 Å². The van der Waals surface area contributed by atoms with Crippen LogP contribution >= 0.6 is 0 Å². The Morgan fingerprint density at radius 3 is 1.61 bits per heavy atom. The number of unbranched alkanes of at least 4 members (excludes halogenated alkanes) is 10. The second kappa shape index (κ2) is 32.2. The molecule has 44 heavy (non-hydrogen) atoms. The van der Waals surface area contributed by atoms with Gasteiger partial charge in [0.05, 0.1) is 6.10 Å². The van der Waals surface area contributed by atoms with Gasteiger partial charge in [-0.1, -0.05) is 140 Å². The third kappa shape index (κ3) is 32.7. The summed E-state index contributed by atoms with van der Waals surface area (Å²) in [5.41, 5.74) is 0. The van der Waals surface area contributed by atoms with Crippen LogP contribution in [0.2, 0.25) is 0 Å². The van der Waals surface area contributed by atoms with Gasteiger partial charge in [-0.05, 0) is 50.9 Å². The van der Waals surface area contributed by atoms with Crippen molar-refractivity contribution >= 4 is 11.9 Å². The zero-order valence-corrected chi connectivity index (χ0v) is 28.4. The van der Waals surface area contributed by atoms with Crippen LogP contribution in [0.1, 0.15) is 149 Å². The van der Waals surface area contributed by atoms with E-state index in [-0.39, 0.29) is 31.3 Å². The number of ether oxygens (including phenoxy) is 2. The summed E-state index contributed by atoms with van der Waals surface area (Å²) in [5, 5.41) is 19.7. The minimum atomic E-state index is -0.995. The second-order valence-corrected chi connectivity index (χ2v) is 12.3. The summed E-state index contributed by atoms with van der Waals surface area (Å²) in [4.78, 5) is 23.8. The van der Waals surface area contributed by atoms with Crippen LogP contribution in [0.3, 0.4) is 0 Å². The molecule has 0 fully saturated rings. The van der Waals surface area contributed by atoms with Gasteiger partial charge in [0.25, 0.3) is 0 Å². The number of rotatable bonds is 30. The number of hydrogen-bond donors (Lipinski definition) is 2. The third-order valence-corrected chi connectivity index (χ3v) is 7.32. The van der Waals surface area contributed by atoms with Crippen molar-refractivity contribution in [1.29, 1.82) is 0 Å². The van der Waals surface area contributed by atoms with Gasteiger partial charge < -0.3 is 19.7 Å². The molecule has 0 saturated carbocycles. The molecule has 6 heteroatoms. The van der Waals surface area contributed by atoms with E-state index >= 15 is 0 Å². The van der Waals surface area contributed by atoms with Crippen molar-refractivity contribution in [3.63, 3.8) is 0 Å². The quantitative estimate of drug-likeness (QED) is 0.0473. The zero-order valence-electron chi connectivity index (χ0n) is 28.4. The molecule has 2 atom stereocenters. The molecule has 0 aliphatic rings. The molecule has 0 unspecified atom stereocenters. The monoisotopic (exact) mass is 618 g/mol. The lowest BCUT2D eigenvalue weighted by Crippen LogP contribution is -2.25. The van der Waals surface area contributed by atoms with Crippen molar-refractivity contribution in [3.8, 4) is 0 Å². The summed E-state index contributed by atoms with van der Waals surface area (Å²) in [7, 11) is 0. The molecule has 0 spiro atoms. The topological polar surface area (TPSA) is 93.1 Å². The lowest BCUT2D eigenvalue weighted by atomic mass is 10.0. The van der Waals surface area contributed by atoms with E-state index < -0.39 is 6.10 Å². The molecule has 0 rings (SSSR count). The van der Waals surface area contributed by atoms with Crippen LogP contribution in [0.25, 0.3) is 0 Å². The molecule has 0 aromatic heterocycles. The minimum absolute atomic E-state index is 0.144. The van der Waals surface area contributed by atoms with Gasteiger partial charge in [-0.3, -0.25) is 9.59 Å². The van der Waals surface area contributed by atoms with E-state index in [1.54, 1.807) is 0 Å². The van der Waals surface area contributed by atoms with E-state index in [9.17, 15) is 19.8 Å². The first-order valence-corrected chi connectivity index (χ1v) is 17.6. The summed E-state index contributed by atoms with van der Waals surface area (Å²) >= 11 is 0. The predicted molar refractivity (Wildman–Crippen MR) is 183 cm³/mol. The average molecular weight is 619 g/mol. The first-order valence-electron chi connectivity index (χ1n) is 17.6. The molecule has 0 aromatic carbocycles. The highest BCUT2D eigenvalue weighted by Gasteiger charge is 2.12. The van der Waals surface area contributed by atoms with E-state index in [4.69, 9.17) is 9.47 Å². The summed E-state index contributed by atoms with van der Waals surface area (Å²) < 4.78 is 10.2. The SMILES string of the molecule is CCCC[C@H](O)/C=C\C/C=C\C/C=C\C/C=C\CCCC(=O)OC[C@@H](O)COC(=O)CCCCCCCCCCCC(C)C. The maximum absolute atomic E-state index is 11.9. The third-order valence-electron chi connectivity index (χ3n) is 7.32. The van der Waals surface area contributed by atoms with Crippen LogP contribution < -0.4 is 0 Å². The largest absolute Gasteiger partial charge is 0.463 e. The van der Waals surface area contributed by atoms with Gasteiger partial charge in [-0.25, -0.2) is 0 Å². The van der Waals surface area contributed by atoms with Crippen LogP contribution in [-0.2, 0) is 19.1 Å². The van der Waals surface area contributed by atoms with E-state index in [1.165, 1.54) is 44.9 Å². The van der Waals surface area contributed by atoms with Gasteiger partial charge in [-0.15, -0.1) is 0 Å². The Kier molecular flexibility index (Phi) is 30.6. The van der Waals surface area contributed by atoms with E-state index in [2.05, 4.69) is 57.2 Å². The molecule has 0 bridgehead atoms. The maximum Gasteiger partial charge on any atom is 0.305 e. The Morgan fingerprint density at radius 2 is 1.07 bits per heavy atom. The molecule has 0 amide bonds. The van der Waals surface area contributed by atoms with Crippen molar-refractivity contribution in [1.82, 2.24) is 0 Å². The summed E-state index contributed by atoms with van der Waals surface area (Å²) in [6.45, 7) is 6.39.